The zero-order valence-corrected chi connectivity index (χ0v) is 22.0. The second-order valence-electron chi connectivity index (χ2n) is 9.26. The first kappa shape index (κ1) is 25.4. The van der Waals surface area contributed by atoms with Gasteiger partial charge in [-0.2, -0.15) is 10.2 Å². The summed E-state index contributed by atoms with van der Waals surface area (Å²) in [7, 11) is 0. The number of fused-ring (bicyclic) bond motifs is 1. The van der Waals surface area contributed by atoms with Crippen LogP contribution in [0, 0.1) is 19.8 Å². The third-order valence-corrected chi connectivity index (χ3v) is 7.24. The maximum absolute atomic E-state index is 12.9. The highest BCUT2D eigenvalue weighted by Crippen LogP contribution is 2.31. The molecule has 3 heterocycles. The summed E-state index contributed by atoms with van der Waals surface area (Å²) < 4.78 is 1.92. The summed E-state index contributed by atoms with van der Waals surface area (Å²) in [4.78, 5) is 17.5. The number of aromatic nitrogens is 4. The van der Waals surface area contributed by atoms with Crippen LogP contribution in [0.1, 0.15) is 44.5 Å². The van der Waals surface area contributed by atoms with Crippen molar-refractivity contribution >= 4 is 34.2 Å². The molecule has 1 aliphatic rings. The first-order chi connectivity index (χ1) is 16.9. The Hall–Kier alpha value is -2.71. The van der Waals surface area contributed by atoms with Crippen molar-refractivity contribution in [1.29, 1.82) is 0 Å². The van der Waals surface area contributed by atoms with Gasteiger partial charge in [0.1, 0.15) is 5.52 Å². The smallest absolute Gasteiger partial charge is 0.224 e. The second-order valence-corrected chi connectivity index (χ2v) is 9.70. The Morgan fingerprint density at radius 1 is 1.17 bits per heavy atom. The van der Waals surface area contributed by atoms with E-state index in [1.807, 2.05) is 42.8 Å². The van der Waals surface area contributed by atoms with Crippen LogP contribution in [0.5, 0.6) is 0 Å². The Balaban J connectivity index is 1.51. The topological polar surface area (TPSA) is 79.2 Å². The summed E-state index contributed by atoms with van der Waals surface area (Å²) in [6.45, 7) is 13.6. The van der Waals surface area contributed by atoms with E-state index in [1.165, 1.54) is 0 Å². The molecule has 3 aromatic rings. The van der Waals surface area contributed by atoms with Crippen LogP contribution < -0.4 is 10.2 Å². The summed E-state index contributed by atoms with van der Waals surface area (Å²) >= 11 is 6.08. The van der Waals surface area contributed by atoms with Crippen LogP contribution in [0.25, 0.3) is 16.6 Å². The molecule has 0 spiro atoms. The molecule has 0 unspecified atom stereocenters. The minimum absolute atomic E-state index is 0.0604. The zero-order chi connectivity index (χ0) is 24.9. The van der Waals surface area contributed by atoms with Crippen molar-refractivity contribution in [3.8, 4) is 5.69 Å². The molecule has 0 bridgehead atoms. The molecule has 1 aliphatic heterocycles. The number of carbonyl (C=O) groups excluding carboxylic acids is 1. The average molecular weight is 498 g/mol. The van der Waals surface area contributed by atoms with Crippen molar-refractivity contribution in [2.45, 2.75) is 47.0 Å². The number of carbonyl (C=O) groups is 1. The van der Waals surface area contributed by atoms with E-state index in [0.29, 0.717) is 18.1 Å². The summed E-state index contributed by atoms with van der Waals surface area (Å²) in [5.74, 6) is 0.823. The molecule has 8 nitrogen and oxygen atoms in total. The molecule has 0 aliphatic carbocycles. The van der Waals surface area contributed by atoms with E-state index in [-0.39, 0.29) is 11.8 Å². The second kappa shape index (κ2) is 11.4. The van der Waals surface area contributed by atoms with E-state index in [9.17, 15) is 4.79 Å². The van der Waals surface area contributed by atoms with Gasteiger partial charge in [0.2, 0.25) is 5.91 Å². The number of hydrogen-bond donors (Lipinski definition) is 1. The van der Waals surface area contributed by atoms with Crippen molar-refractivity contribution in [1.82, 2.24) is 30.2 Å². The fourth-order valence-corrected chi connectivity index (χ4v) is 5.07. The van der Waals surface area contributed by atoms with Gasteiger partial charge in [0.05, 0.1) is 28.4 Å². The first-order valence-electron chi connectivity index (χ1n) is 12.7. The minimum atomic E-state index is -0.0604. The summed E-state index contributed by atoms with van der Waals surface area (Å²) in [6.07, 6.45) is 2.79. The Morgan fingerprint density at radius 2 is 1.91 bits per heavy atom. The zero-order valence-electron chi connectivity index (χ0n) is 21.2. The SMILES string of the molecule is CCN(CC)CCCNC(=O)[C@@H]1CCCN(c2nnc(C)c3c(C)n(-c4ccc(Cl)cc4)nc23)C1. The quantitative estimate of drug-likeness (QED) is 0.447. The van der Waals surface area contributed by atoms with Crippen molar-refractivity contribution < 1.29 is 4.79 Å². The van der Waals surface area contributed by atoms with Crippen LogP contribution >= 0.6 is 11.6 Å². The summed E-state index contributed by atoms with van der Waals surface area (Å²) in [5.41, 5.74) is 3.62. The lowest BCUT2D eigenvalue weighted by Gasteiger charge is -2.32. The number of hydrogen-bond acceptors (Lipinski definition) is 6. The Kier molecular flexibility index (Phi) is 8.23. The number of nitrogens with one attached hydrogen (secondary N) is 1. The van der Waals surface area contributed by atoms with E-state index in [0.717, 1.165) is 79.2 Å². The third kappa shape index (κ3) is 5.59. The van der Waals surface area contributed by atoms with Crippen LogP contribution in [0.2, 0.25) is 5.02 Å². The molecule has 188 valence electrons. The number of benzene rings is 1. The van der Waals surface area contributed by atoms with Gasteiger partial charge in [-0.25, -0.2) is 4.68 Å². The fraction of sp³-hybridized carbons (Fsp3) is 0.538. The lowest BCUT2D eigenvalue weighted by atomic mass is 9.97. The normalized spacial score (nSPS) is 16.3. The summed E-state index contributed by atoms with van der Waals surface area (Å²) in [6, 6.07) is 7.64. The average Bonchev–Trinajstić information content (AvgIpc) is 3.22. The molecule has 0 radical (unpaired) electrons. The van der Waals surface area contributed by atoms with E-state index in [1.54, 1.807) is 0 Å². The van der Waals surface area contributed by atoms with Gasteiger partial charge in [0, 0.05) is 24.7 Å². The number of rotatable bonds is 9. The lowest BCUT2D eigenvalue weighted by molar-refractivity contribution is -0.125. The van der Waals surface area contributed by atoms with E-state index >= 15 is 0 Å². The highest BCUT2D eigenvalue weighted by molar-refractivity contribution is 6.30. The van der Waals surface area contributed by atoms with Crippen molar-refractivity contribution in [3.05, 3.63) is 40.7 Å². The van der Waals surface area contributed by atoms with Gasteiger partial charge < -0.3 is 15.1 Å². The van der Waals surface area contributed by atoms with Crippen molar-refractivity contribution in [2.24, 2.45) is 5.92 Å². The van der Waals surface area contributed by atoms with Crippen molar-refractivity contribution in [2.75, 3.05) is 44.2 Å². The van der Waals surface area contributed by atoms with Gasteiger partial charge in [0.15, 0.2) is 5.82 Å². The van der Waals surface area contributed by atoms with Gasteiger partial charge in [-0.1, -0.05) is 25.4 Å². The largest absolute Gasteiger partial charge is 0.356 e. The van der Waals surface area contributed by atoms with E-state index in [2.05, 4.69) is 39.2 Å². The van der Waals surface area contributed by atoms with E-state index < -0.39 is 0 Å². The third-order valence-electron chi connectivity index (χ3n) is 6.99. The molecule has 1 N–H and O–H groups in total. The number of anilines is 1. The van der Waals surface area contributed by atoms with Crippen LogP contribution in [-0.2, 0) is 4.79 Å². The Labute approximate surface area is 212 Å². The van der Waals surface area contributed by atoms with Gasteiger partial charge >= 0.3 is 0 Å². The fourth-order valence-electron chi connectivity index (χ4n) is 4.94. The summed E-state index contributed by atoms with van der Waals surface area (Å²) in [5, 5.41) is 18.8. The molecule has 1 aromatic carbocycles. The molecular weight excluding hydrogens is 462 g/mol. The Morgan fingerprint density at radius 3 is 2.63 bits per heavy atom. The Bertz CT molecular complexity index is 1160. The lowest BCUT2D eigenvalue weighted by Crippen LogP contribution is -2.44. The van der Waals surface area contributed by atoms with Crippen LogP contribution in [0.3, 0.4) is 0 Å². The molecule has 9 heteroatoms. The minimum Gasteiger partial charge on any atom is -0.356 e. The molecule has 1 atom stereocenters. The van der Waals surface area contributed by atoms with E-state index in [4.69, 9.17) is 16.7 Å². The monoisotopic (exact) mass is 497 g/mol. The van der Waals surface area contributed by atoms with Crippen LogP contribution in [-0.4, -0.2) is 70.1 Å². The van der Waals surface area contributed by atoms with Gasteiger partial charge in [-0.15, -0.1) is 5.10 Å². The number of halogens is 1. The molecule has 1 saturated heterocycles. The number of aryl methyl sites for hydroxylation is 2. The van der Waals surface area contributed by atoms with Crippen LogP contribution in [0.4, 0.5) is 5.82 Å². The number of amides is 1. The van der Waals surface area contributed by atoms with Gasteiger partial charge in [-0.3, -0.25) is 4.79 Å². The molecule has 0 saturated carbocycles. The number of piperidine rings is 1. The predicted molar refractivity (Wildman–Crippen MR) is 141 cm³/mol. The maximum atomic E-state index is 12.9. The first-order valence-corrected chi connectivity index (χ1v) is 13.0. The predicted octanol–water partition coefficient (Wildman–Crippen LogP) is 4.15. The van der Waals surface area contributed by atoms with Crippen molar-refractivity contribution in [3.63, 3.8) is 0 Å². The van der Waals surface area contributed by atoms with Gasteiger partial charge in [-0.05, 0) is 77.0 Å². The molecule has 4 rings (SSSR count). The van der Waals surface area contributed by atoms with Crippen LogP contribution in [0.15, 0.2) is 24.3 Å². The number of nitrogens with zero attached hydrogens (tertiary/aromatic N) is 6. The standard InChI is InChI=1S/C26H36ClN7O/c1-5-32(6-2)15-8-14-28-26(35)20-9-7-16-33(17-20)25-24-23(18(3)29-30-25)19(4)34(31-24)22-12-10-21(27)11-13-22/h10-13,20H,5-9,14-17H2,1-4H3,(H,28,35)/t20-/m1/s1. The van der Waals surface area contributed by atoms with Gasteiger partial charge in [0.25, 0.3) is 0 Å². The molecule has 1 fully saturated rings. The molecule has 35 heavy (non-hydrogen) atoms. The highest BCUT2D eigenvalue weighted by Gasteiger charge is 2.29. The molecule has 1 amide bonds. The maximum Gasteiger partial charge on any atom is 0.224 e. The molecular formula is C26H36ClN7O. The highest BCUT2D eigenvalue weighted by atomic mass is 35.5. The molecule has 2 aromatic heterocycles.